The highest BCUT2D eigenvalue weighted by atomic mass is 31.2. The normalized spacial score (nSPS) is 14.5. The second kappa shape index (κ2) is 76.6. The van der Waals surface area contributed by atoms with E-state index in [1.165, 1.54) is 89.9 Å². The molecule has 5 unspecified atom stereocenters. The van der Waals surface area contributed by atoms with Gasteiger partial charge in [-0.2, -0.15) is 0 Å². The lowest BCUT2D eigenvalue weighted by atomic mass is 10.0. The average molecular weight is 1500 g/mol. The van der Waals surface area contributed by atoms with E-state index in [0.29, 0.717) is 25.7 Å². The summed E-state index contributed by atoms with van der Waals surface area (Å²) in [6, 6.07) is 0. The summed E-state index contributed by atoms with van der Waals surface area (Å²) < 4.78 is 68.6. The van der Waals surface area contributed by atoms with E-state index in [1.54, 1.807) is 0 Å². The van der Waals surface area contributed by atoms with Crippen LogP contribution >= 0.6 is 15.6 Å². The maximum atomic E-state index is 13.1. The largest absolute Gasteiger partial charge is 0.472 e. The van der Waals surface area contributed by atoms with Crippen molar-refractivity contribution in [2.75, 3.05) is 39.6 Å². The van der Waals surface area contributed by atoms with Gasteiger partial charge in [0.05, 0.1) is 26.4 Å². The monoisotopic (exact) mass is 1500 g/mol. The standard InChI is InChI=1S/C85H146O17P2/c1-5-9-13-17-21-25-29-33-36-38-39-41-44-47-50-54-58-62-66-70-83(88)95-75-80(101-84(89)71-67-63-59-55-51-45-32-28-24-20-16-12-8-4)77-99-103(91,92)97-73-79(86)74-98-104(93,94)100-78-81(102-85(90)72-68-64-60-56-52-48-42-35-31-27-23-19-15-11-7-3)76-96-82(87)69-65-61-57-53-49-46-43-40-37-34-30-26-22-18-14-10-6-2/h9-10,13-14,21-22,25-26,33-37,39,41-43,46-47,50,79-81,86H,5-8,11-12,15-20,23-24,27-32,38,40,44-45,48-49,51-78H2,1-4H3,(H,91,92)(H,93,94)/b13-9-,14-10-,25-21-,26-22-,36-33-,37-34-,41-39-,42-35-,46-43-,50-47-. The second-order valence-electron chi connectivity index (χ2n) is 27.0. The number of hydrogen-bond donors (Lipinski definition) is 3. The third kappa shape index (κ3) is 75.7. The van der Waals surface area contributed by atoms with Gasteiger partial charge in [-0.05, 0) is 135 Å². The van der Waals surface area contributed by atoms with Crippen molar-refractivity contribution < 1.29 is 80.2 Å². The van der Waals surface area contributed by atoms with Crippen molar-refractivity contribution in [1.82, 2.24) is 0 Å². The molecule has 0 amide bonds. The Labute approximate surface area is 632 Å². The molecule has 17 nitrogen and oxygen atoms in total. The third-order valence-corrected chi connectivity index (χ3v) is 18.8. The Morgan fingerprint density at radius 3 is 0.788 bits per heavy atom. The molecule has 0 aliphatic heterocycles. The topological polar surface area (TPSA) is 237 Å². The number of rotatable bonds is 76. The zero-order valence-corrected chi connectivity index (χ0v) is 67.2. The first kappa shape index (κ1) is 99.5. The predicted molar refractivity (Wildman–Crippen MR) is 427 cm³/mol. The number of carbonyl (C=O) groups is 4. The lowest BCUT2D eigenvalue weighted by Gasteiger charge is -2.21. The van der Waals surface area contributed by atoms with Crippen LogP contribution in [0.1, 0.15) is 336 Å². The van der Waals surface area contributed by atoms with Gasteiger partial charge >= 0.3 is 39.5 Å². The molecule has 104 heavy (non-hydrogen) atoms. The molecular weight excluding hydrogens is 1350 g/mol. The fourth-order valence-electron chi connectivity index (χ4n) is 10.8. The first-order valence-electron chi connectivity index (χ1n) is 40.8. The molecule has 0 aliphatic carbocycles. The summed E-state index contributed by atoms with van der Waals surface area (Å²) in [6.07, 6.45) is 84.5. The van der Waals surface area contributed by atoms with Crippen LogP contribution in [0.3, 0.4) is 0 Å². The highest BCUT2D eigenvalue weighted by Gasteiger charge is 2.30. The van der Waals surface area contributed by atoms with Crippen LogP contribution in [0.4, 0.5) is 0 Å². The van der Waals surface area contributed by atoms with Gasteiger partial charge in [0.25, 0.3) is 0 Å². The number of unbranched alkanes of at least 4 members (excludes halogenated alkanes) is 30. The molecule has 0 radical (unpaired) electrons. The number of aliphatic hydroxyl groups is 1. The molecule has 5 atom stereocenters. The summed E-state index contributed by atoms with van der Waals surface area (Å²) in [5, 5.41) is 10.6. The third-order valence-electron chi connectivity index (χ3n) is 16.9. The van der Waals surface area contributed by atoms with Gasteiger partial charge in [0.1, 0.15) is 19.3 Å². The first-order valence-corrected chi connectivity index (χ1v) is 43.8. The van der Waals surface area contributed by atoms with Gasteiger partial charge in [0.15, 0.2) is 12.2 Å². The quantitative estimate of drug-likeness (QED) is 0.0169. The van der Waals surface area contributed by atoms with Crippen LogP contribution in [0, 0.1) is 0 Å². The first-order chi connectivity index (χ1) is 50.7. The van der Waals surface area contributed by atoms with Crippen LogP contribution in [-0.4, -0.2) is 96.7 Å². The summed E-state index contributed by atoms with van der Waals surface area (Å²) in [5.74, 6) is -2.23. The molecule has 0 aliphatic rings. The van der Waals surface area contributed by atoms with Crippen molar-refractivity contribution in [3.05, 3.63) is 122 Å². The van der Waals surface area contributed by atoms with Crippen LogP contribution < -0.4 is 0 Å². The molecular formula is C85H146O17P2. The van der Waals surface area contributed by atoms with E-state index in [0.717, 1.165) is 167 Å². The molecule has 0 fully saturated rings. The molecule has 3 N–H and O–H groups in total. The summed E-state index contributed by atoms with van der Waals surface area (Å²) in [6.45, 7) is 4.60. The zero-order chi connectivity index (χ0) is 76.0. The second-order valence-corrected chi connectivity index (χ2v) is 29.9. The molecule has 598 valence electrons. The number of ether oxygens (including phenoxy) is 4. The zero-order valence-electron chi connectivity index (χ0n) is 65.4. The lowest BCUT2D eigenvalue weighted by Crippen LogP contribution is -2.30. The van der Waals surface area contributed by atoms with E-state index in [4.69, 9.17) is 37.0 Å². The molecule has 0 saturated heterocycles. The molecule has 0 heterocycles. The summed E-state index contributed by atoms with van der Waals surface area (Å²) in [4.78, 5) is 73.1. The Kier molecular flexibility index (Phi) is 73.3. The fourth-order valence-corrected chi connectivity index (χ4v) is 12.3. The molecule has 0 saturated carbocycles. The highest BCUT2D eigenvalue weighted by Crippen LogP contribution is 2.45. The summed E-state index contributed by atoms with van der Waals surface area (Å²) >= 11 is 0. The van der Waals surface area contributed by atoms with Crippen molar-refractivity contribution in [3.63, 3.8) is 0 Å². The van der Waals surface area contributed by atoms with Crippen LogP contribution in [0.2, 0.25) is 0 Å². The highest BCUT2D eigenvalue weighted by molar-refractivity contribution is 7.47. The summed E-state index contributed by atoms with van der Waals surface area (Å²) in [7, 11) is -9.97. The van der Waals surface area contributed by atoms with Crippen molar-refractivity contribution in [2.45, 2.75) is 354 Å². The maximum Gasteiger partial charge on any atom is 0.472 e. The molecule has 0 aromatic heterocycles. The summed E-state index contributed by atoms with van der Waals surface area (Å²) in [5.41, 5.74) is 0. The van der Waals surface area contributed by atoms with E-state index >= 15 is 0 Å². The number of aliphatic hydroxyl groups excluding tert-OH is 1. The average Bonchev–Trinajstić information content (AvgIpc) is 0.939. The molecule has 0 aromatic carbocycles. The Morgan fingerprint density at radius 1 is 0.279 bits per heavy atom. The molecule has 0 bridgehead atoms. The van der Waals surface area contributed by atoms with Gasteiger partial charge in [-0.1, -0.05) is 297 Å². The Morgan fingerprint density at radius 2 is 0.500 bits per heavy atom. The Bertz CT molecular complexity index is 2440. The minimum absolute atomic E-state index is 0.0779. The van der Waals surface area contributed by atoms with Gasteiger partial charge in [-0.15, -0.1) is 0 Å². The number of allylic oxidation sites excluding steroid dienone is 20. The minimum atomic E-state index is -4.99. The lowest BCUT2D eigenvalue weighted by molar-refractivity contribution is -0.161. The van der Waals surface area contributed by atoms with Gasteiger partial charge in [0.2, 0.25) is 0 Å². The Balaban J connectivity index is 5.39. The predicted octanol–water partition coefficient (Wildman–Crippen LogP) is 23.9. The number of phosphoric ester groups is 2. The van der Waals surface area contributed by atoms with Crippen molar-refractivity contribution >= 4 is 39.5 Å². The van der Waals surface area contributed by atoms with Crippen molar-refractivity contribution in [3.8, 4) is 0 Å². The Hall–Kier alpha value is -4.54. The van der Waals surface area contributed by atoms with Crippen LogP contribution in [0.15, 0.2) is 122 Å². The van der Waals surface area contributed by atoms with E-state index in [9.17, 15) is 43.2 Å². The number of phosphoric acid groups is 2. The number of hydrogen-bond acceptors (Lipinski definition) is 15. The smallest absolute Gasteiger partial charge is 0.462 e. The van der Waals surface area contributed by atoms with Gasteiger partial charge in [-0.25, -0.2) is 9.13 Å². The van der Waals surface area contributed by atoms with Gasteiger partial charge in [-0.3, -0.25) is 37.3 Å². The van der Waals surface area contributed by atoms with Crippen LogP contribution in [-0.2, 0) is 65.4 Å². The van der Waals surface area contributed by atoms with E-state index in [-0.39, 0.29) is 25.7 Å². The molecule has 19 heteroatoms. The van der Waals surface area contributed by atoms with E-state index in [2.05, 4.69) is 149 Å². The van der Waals surface area contributed by atoms with Crippen molar-refractivity contribution in [1.29, 1.82) is 0 Å². The number of carbonyl (C=O) groups excluding carboxylic acids is 4. The van der Waals surface area contributed by atoms with Crippen LogP contribution in [0.5, 0.6) is 0 Å². The molecule has 0 spiro atoms. The number of esters is 4. The molecule has 0 aromatic rings. The fraction of sp³-hybridized carbons (Fsp3) is 0.718. The maximum absolute atomic E-state index is 13.1. The van der Waals surface area contributed by atoms with E-state index < -0.39 is 97.5 Å². The SMILES string of the molecule is CC/C=C\C/C=C\C/C=C\C/C=C\C/C=C\CCCCCC(=O)OCC(COP(=O)(O)OCC(O)COP(=O)(O)OCC(COC(=O)CCCCCC/C=C\C/C=C\C/C=C\C/C=C\CC)OC(=O)CCCCCCC/C=C\CCCCCCCC)OC(=O)CCCCCCCCCCCCCCC. The van der Waals surface area contributed by atoms with E-state index in [1.807, 2.05) is 0 Å². The van der Waals surface area contributed by atoms with Crippen molar-refractivity contribution in [2.24, 2.45) is 0 Å². The van der Waals surface area contributed by atoms with Gasteiger partial charge in [0, 0.05) is 25.7 Å². The minimum Gasteiger partial charge on any atom is -0.462 e. The van der Waals surface area contributed by atoms with Gasteiger partial charge < -0.3 is 33.8 Å². The molecule has 0 rings (SSSR count). The van der Waals surface area contributed by atoms with Crippen LogP contribution in [0.25, 0.3) is 0 Å².